The minimum Gasteiger partial charge on any atom is -0.495 e. The molecule has 35 heavy (non-hydrogen) atoms. The Morgan fingerprint density at radius 3 is 2.83 bits per heavy atom. The topological polar surface area (TPSA) is 103 Å². The van der Waals surface area contributed by atoms with E-state index in [-0.39, 0.29) is 23.6 Å². The number of hydrogen-bond donors (Lipinski definition) is 1. The second-order valence-corrected chi connectivity index (χ2v) is 9.67. The van der Waals surface area contributed by atoms with Gasteiger partial charge in [-0.1, -0.05) is 6.58 Å². The summed E-state index contributed by atoms with van der Waals surface area (Å²) in [4.78, 5) is 30.9. The normalized spacial score (nSPS) is 15.8. The molecule has 0 bridgehead atoms. The van der Waals surface area contributed by atoms with Gasteiger partial charge in [-0.3, -0.25) is 14.3 Å². The number of hydrogen-bond acceptors (Lipinski definition) is 7. The Labute approximate surface area is 204 Å². The highest BCUT2D eigenvalue weighted by Gasteiger charge is 2.32. The molecule has 1 amide bonds. The van der Waals surface area contributed by atoms with Crippen LogP contribution in [0.5, 0.6) is 5.75 Å². The number of nitrogen functional groups attached to an aromatic ring is 1. The van der Waals surface area contributed by atoms with Gasteiger partial charge in [-0.25, -0.2) is 9.37 Å². The van der Waals surface area contributed by atoms with E-state index >= 15 is 4.39 Å². The molecule has 1 aliphatic heterocycles. The van der Waals surface area contributed by atoms with Crippen LogP contribution in [-0.2, 0) is 4.79 Å². The summed E-state index contributed by atoms with van der Waals surface area (Å²) in [5.41, 5.74) is 8.33. The maximum absolute atomic E-state index is 15.8. The highest BCUT2D eigenvalue weighted by atomic mass is 32.1. The van der Waals surface area contributed by atoms with Crippen molar-refractivity contribution in [2.45, 2.75) is 26.3 Å². The van der Waals surface area contributed by atoms with Gasteiger partial charge >= 0.3 is 0 Å². The smallest absolute Gasteiger partial charge is 0.246 e. The largest absolute Gasteiger partial charge is 0.495 e. The summed E-state index contributed by atoms with van der Waals surface area (Å²) in [5, 5.41) is 5.67. The van der Waals surface area contributed by atoms with Crippen molar-refractivity contribution in [3.63, 3.8) is 0 Å². The second kappa shape index (κ2) is 8.46. The number of pyridine rings is 1. The minimum absolute atomic E-state index is 0.156. The van der Waals surface area contributed by atoms with E-state index < -0.39 is 5.82 Å². The Bertz CT molecular complexity index is 1540. The molecular weight excluding hydrogens is 469 g/mol. The number of likely N-dealkylation sites (tertiary alicyclic amines) is 1. The molecule has 0 aliphatic carbocycles. The molecule has 4 aromatic rings. The lowest BCUT2D eigenvalue weighted by Gasteiger charge is -2.16. The lowest BCUT2D eigenvalue weighted by atomic mass is 10.1. The predicted molar refractivity (Wildman–Crippen MR) is 134 cm³/mol. The van der Waals surface area contributed by atoms with Crippen LogP contribution in [0.25, 0.3) is 31.6 Å². The fourth-order valence-corrected chi connectivity index (χ4v) is 5.87. The SMILES string of the molecule is C=CC(=O)N1CC[C@H](n2nc(-c3sc4c(OC)cc(C)cc4c3F)c3c(N)ncc(C(C)=O)c32)C1. The van der Waals surface area contributed by atoms with Crippen LogP contribution in [0.15, 0.2) is 31.0 Å². The summed E-state index contributed by atoms with van der Waals surface area (Å²) in [6, 6.07) is 3.40. The van der Waals surface area contributed by atoms with Crippen LogP contribution in [-0.4, -0.2) is 51.6 Å². The summed E-state index contributed by atoms with van der Waals surface area (Å²) in [6.45, 7) is 7.80. The van der Waals surface area contributed by atoms with E-state index in [2.05, 4.69) is 11.6 Å². The van der Waals surface area contributed by atoms with Gasteiger partial charge in [0, 0.05) is 24.7 Å². The number of ketones is 1. The van der Waals surface area contributed by atoms with Gasteiger partial charge in [-0.2, -0.15) is 5.10 Å². The van der Waals surface area contributed by atoms with Crippen molar-refractivity contribution in [1.82, 2.24) is 19.7 Å². The first-order valence-electron chi connectivity index (χ1n) is 11.1. The van der Waals surface area contributed by atoms with Gasteiger partial charge in [0.25, 0.3) is 0 Å². The Balaban J connectivity index is 1.79. The van der Waals surface area contributed by atoms with E-state index in [0.29, 0.717) is 62.4 Å². The number of ether oxygens (including phenoxy) is 1. The van der Waals surface area contributed by atoms with Crippen molar-refractivity contribution in [2.75, 3.05) is 25.9 Å². The van der Waals surface area contributed by atoms with E-state index in [4.69, 9.17) is 15.6 Å². The number of nitrogens with zero attached hydrogens (tertiary/aromatic N) is 4. The number of Topliss-reactive ketones (excluding diaryl/α,β-unsaturated/α-hetero) is 1. The average Bonchev–Trinajstić information content (AvgIpc) is 3.54. The van der Waals surface area contributed by atoms with Crippen LogP contribution in [0, 0.1) is 12.7 Å². The molecule has 3 aromatic heterocycles. The van der Waals surface area contributed by atoms with Crippen molar-refractivity contribution < 1.29 is 18.7 Å². The van der Waals surface area contributed by atoms with Gasteiger partial charge in [0.2, 0.25) is 5.91 Å². The molecule has 0 spiro atoms. The number of aromatic nitrogens is 3. The molecule has 10 heteroatoms. The summed E-state index contributed by atoms with van der Waals surface area (Å²) in [6.07, 6.45) is 3.33. The number of carbonyl (C=O) groups excluding carboxylic acids is 2. The molecule has 0 saturated carbocycles. The first-order valence-corrected chi connectivity index (χ1v) is 11.9. The molecule has 4 heterocycles. The zero-order valence-corrected chi connectivity index (χ0v) is 20.4. The molecule has 2 N–H and O–H groups in total. The van der Waals surface area contributed by atoms with Gasteiger partial charge in [-0.15, -0.1) is 11.3 Å². The third-order valence-electron chi connectivity index (χ3n) is 6.40. The van der Waals surface area contributed by atoms with E-state index in [1.165, 1.54) is 30.5 Å². The Morgan fingerprint density at radius 1 is 1.37 bits per heavy atom. The second-order valence-electron chi connectivity index (χ2n) is 8.65. The van der Waals surface area contributed by atoms with Crippen LogP contribution >= 0.6 is 11.3 Å². The van der Waals surface area contributed by atoms with Gasteiger partial charge in [0.15, 0.2) is 11.6 Å². The predicted octanol–water partition coefficient (Wildman–Crippen LogP) is 4.51. The number of benzene rings is 1. The molecule has 1 saturated heterocycles. The molecular formula is C25H24FN5O3S. The van der Waals surface area contributed by atoms with E-state index in [9.17, 15) is 9.59 Å². The van der Waals surface area contributed by atoms with Crippen molar-refractivity contribution in [1.29, 1.82) is 0 Å². The molecule has 1 atom stereocenters. The number of amides is 1. The number of thiophene rings is 1. The van der Waals surface area contributed by atoms with Crippen molar-refractivity contribution >= 4 is 49.8 Å². The number of aryl methyl sites for hydroxylation is 1. The molecule has 8 nitrogen and oxygen atoms in total. The standard InChI is InChI=1S/C25H24FN5O3S/c1-5-18(33)30-7-6-14(11-30)31-22-16(13(3)32)10-28-25(27)19(22)21(29-31)24-20(26)15-8-12(2)9-17(34-4)23(15)35-24/h5,8-10,14H,1,6-7,11H2,2-4H3,(H2,27,28)/t14-/m0/s1. The lowest BCUT2D eigenvalue weighted by molar-refractivity contribution is -0.125. The van der Waals surface area contributed by atoms with Gasteiger partial charge in [0.1, 0.15) is 17.3 Å². The molecule has 1 aliphatic rings. The van der Waals surface area contributed by atoms with Gasteiger partial charge < -0.3 is 15.4 Å². The number of carbonyl (C=O) groups is 2. The van der Waals surface area contributed by atoms with Gasteiger partial charge in [0.05, 0.1) is 39.2 Å². The van der Waals surface area contributed by atoms with E-state index in [0.717, 1.165) is 5.56 Å². The fraction of sp³-hybridized carbons (Fsp3) is 0.280. The number of anilines is 1. The monoisotopic (exact) mass is 493 g/mol. The van der Waals surface area contributed by atoms with Crippen molar-refractivity contribution in [3.05, 3.63) is 47.9 Å². The van der Waals surface area contributed by atoms with Crippen LogP contribution in [0.3, 0.4) is 0 Å². The van der Waals surface area contributed by atoms with Crippen molar-refractivity contribution in [3.8, 4) is 16.3 Å². The highest BCUT2D eigenvalue weighted by molar-refractivity contribution is 7.22. The maximum atomic E-state index is 15.8. The Kier molecular flexibility index (Phi) is 5.55. The summed E-state index contributed by atoms with van der Waals surface area (Å²) in [7, 11) is 1.55. The van der Waals surface area contributed by atoms with Gasteiger partial charge in [-0.05, 0) is 44.0 Å². The highest BCUT2D eigenvalue weighted by Crippen LogP contribution is 2.45. The Hall–Kier alpha value is -3.79. The van der Waals surface area contributed by atoms with Crippen LogP contribution < -0.4 is 10.5 Å². The van der Waals surface area contributed by atoms with Crippen molar-refractivity contribution in [2.24, 2.45) is 0 Å². The third kappa shape index (κ3) is 3.56. The molecule has 180 valence electrons. The van der Waals surface area contributed by atoms with Crippen LogP contribution in [0.2, 0.25) is 0 Å². The fourth-order valence-electron chi connectivity index (χ4n) is 4.73. The molecule has 1 fully saturated rings. The number of nitrogens with two attached hydrogens (primary N) is 1. The maximum Gasteiger partial charge on any atom is 0.246 e. The Morgan fingerprint density at radius 2 is 2.14 bits per heavy atom. The molecule has 0 unspecified atom stereocenters. The third-order valence-corrected chi connectivity index (χ3v) is 7.61. The number of halogens is 1. The number of methoxy groups -OCH3 is 1. The number of fused-ring (bicyclic) bond motifs is 2. The zero-order chi connectivity index (χ0) is 25.0. The molecule has 0 radical (unpaired) electrons. The van der Waals surface area contributed by atoms with E-state index in [1.54, 1.807) is 22.8 Å². The molecule has 1 aromatic carbocycles. The minimum atomic E-state index is -0.430. The number of rotatable bonds is 5. The van der Waals surface area contributed by atoms with E-state index in [1.807, 2.05) is 13.0 Å². The van der Waals surface area contributed by atoms with Crippen LogP contribution in [0.1, 0.15) is 35.3 Å². The summed E-state index contributed by atoms with van der Waals surface area (Å²) in [5.74, 6) is -0.0791. The average molecular weight is 494 g/mol. The van der Waals surface area contributed by atoms with Crippen LogP contribution in [0.4, 0.5) is 10.2 Å². The lowest BCUT2D eigenvalue weighted by Crippen LogP contribution is -2.27. The first kappa shape index (κ1) is 23.0. The summed E-state index contributed by atoms with van der Waals surface area (Å²) >= 11 is 1.22. The quantitative estimate of drug-likeness (QED) is 0.324. The zero-order valence-electron chi connectivity index (χ0n) is 19.6. The first-order chi connectivity index (χ1) is 16.7. The summed E-state index contributed by atoms with van der Waals surface area (Å²) < 4.78 is 23.7. The molecule has 5 rings (SSSR count).